The summed E-state index contributed by atoms with van der Waals surface area (Å²) >= 11 is 10.5. The lowest BCUT2D eigenvalue weighted by atomic mass is 10.1. The van der Waals surface area contributed by atoms with Gasteiger partial charge in [-0.2, -0.15) is 0 Å². The minimum atomic E-state index is -0.414. The van der Waals surface area contributed by atoms with Gasteiger partial charge in [0.15, 0.2) is 11.5 Å². The van der Waals surface area contributed by atoms with E-state index in [1.165, 1.54) is 7.11 Å². The Morgan fingerprint density at radius 3 is 2.72 bits per heavy atom. The normalized spacial score (nSPS) is 15.0. The van der Waals surface area contributed by atoms with Gasteiger partial charge in [-0.05, 0) is 41.6 Å². The molecule has 0 atom stereocenters. The summed E-state index contributed by atoms with van der Waals surface area (Å²) in [5.41, 5.74) is 1.51. The Morgan fingerprint density at radius 2 is 2.03 bits per heavy atom. The highest BCUT2D eigenvalue weighted by molar-refractivity contribution is 9.10. The molecule has 3 rings (SSSR count). The van der Waals surface area contributed by atoms with Gasteiger partial charge >= 0.3 is 0 Å². The highest BCUT2D eigenvalue weighted by atomic mass is 79.9. The van der Waals surface area contributed by atoms with E-state index in [0.717, 1.165) is 22.2 Å². The number of halogens is 2. The lowest BCUT2D eigenvalue weighted by Crippen LogP contribution is -2.28. The zero-order valence-corrected chi connectivity index (χ0v) is 18.4. The number of nitrogens with zero attached hydrogens (tertiary/aromatic N) is 1. The fourth-order valence-corrected chi connectivity index (χ4v) is 4.03. The van der Waals surface area contributed by atoms with E-state index in [2.05, 4.69) is 21.9 Å². The van der Waals surface area contributed by atoms with Gasteiger partial charge in [0.2, 0.25) is 0 Å². The predicted molar refractivity (Wildman–Crippen MR) is 118 cm³/mol. The molecule has 2 amide bonds. The molecule has 5 nitrogen and oxygen atoms in total. The van der Waals surface area contributed by atoms with Crippen LogP contribution in [0.1, 0.15) is 11.1 Å². The lowest BCUT2D eigenvalue weighted by Gasteiger charge is -2.13. The van der Waals surface area contributed by atoms with Crippen molar-refractivity contribution < 1.29 is 19.1 Å². The van der Waals surface area contributed by atoms with Crippen LogP contribution in [0, 0.1) is 12.3 Å². The first kappa shape index (κ1) is 21.3. The van der Waals surface area contributed by atoms with Gasteiger partial charge in [-0.25, -0.2) is 0 Å². The van der Waals surface area contributed by atoms with Gasteiger partial charge in [-0.15, -0.1) is 6.42 Å². The van der Waals surface area contributed by atoms with Gasteiger partial charge in [0.05, 0.1) is 18.6 Å². The molecule has 1 aliphatic heterocycles. The third kappa shape index (κ3) is 4.78. The summed E-state index contributed by atoms with van der Waals surface area (Å²) in [4.78, 5) is 25.6. The Kier molecular flexibility index (Phi) is 6.91. The molecule has 29 heavy (non-hydrogen) atoms. The molecule has 8 heteroatoms. The summed E-state index contributed by atoms with van der Waals surface area (Å²) in [7, 11) is 1.52. The lowest BCUT2D eigenvalue weighted by molar-refractivity contribution is -0.122. The third-order valence-electron chi connectivity index (χ3n) is 4.03. The second-order valence-electron chi connectivity index (χ2n) is 5.88. The van der Waals surface area contributed by atoms with Crippen molar-refractivity contribution in [1.82, 2.24) is 4.90 Å². The second kappa shape index (κ2) is 9.40. The van der Waals surface area contributed by atoms with E-state index < -0.39 is 5.91 Å². The summed E-state index contributed by atoms with van der Waals surface area (Å²) < 4.78 is 12.0. The van der Waals surface area contributed by atoms with Crippen LogP contribution in [0.2, 0.25) is 5.02 Å². The number of benzene rings is 2. The number of hydrogen-bond acceptors (Lipinski definition) is 5. The maximum absolute atomic E-state index is 12.4. The summed E-state index contributed by atoms with van der Waals surface area (Å²) in [5.74, 6) is 2.89. The monoisotopic (exact) mass is 491 g/mol. The standard InChI is InChI=1S/C21H15BrClNO4S/c1-3-8-24-20(25)19(29-21(24)26)10-14-9-17(27-2)18(11-15(14)22)28-12-13-6-4-5-7-16(13)23/h1,4-7,9-11H,8,12H2,2H3/b19-10+. The van der Waals surface area contributed by atoms with Crippen molar-refractivity contribution in [3.8, 4) is 23.8 Å². The van der Waals surface area contributed by atoms with Crippen molar-refractivity contribution in [2.45, 2.75) is 6.61 Å². The molecule has 0 radical (unpaired) electrons. The molecule has 1 aliphatic rings. The number of carbonyl (C=O) groups is 2. The summed E-state index contributed by atoms with van der Waals surface area (Å²) in [6.07, 6.45) is 6.84. The highest BCUT2D eigenvalue weighted by Gasteiger charge is 2.34. The van der Waals surface area contributed by atoms with Crippen molar-refractivity contribution in [3.05, 3.63) is 61.9 Å². The molecule has 0 N–H and O–H groups in total. The van der Waals surface area contributed by atoms with Crippen LogP contribution in [-0.4, -0.2) is 29.7 Å². The van der Waals surface area contributed by atoms with E-state index in [9.17, 15) is 9.59 Å². The number of hydrogen-bond donors (Lipinski definition) is 0. The van der Waals surface area contributed by atoms with E-state index in [4.69, 9.17) is 27.5 Å². The largest absolute Gasteiger partial charge is 0.493 e. The average molecular weight is 493 g/mol. The van der Waals surface area contributed by atoms with Crippen LogP contribution in [0.4, 0.5) is 4.79 Å². The van der Waals surface area contributed by atoms with Gasteiger partial charge in [-0.1, -0.05) is 51.7 Å². The smallest absolute Gasteiger partial charge is 0.294 e. The zero-order chi connectivity index (χ0) is 21.0. The van der Waals surface area contributed by atoms with Crippen LogP contribution in [0.25, 0.3) is 6.08 Å². The Morgan fingerprint density at radius 1 is 1.28 bits per heavy atom. The predicted octanol–water partition coefficient (Wildman–Crippen LogP) is 5.36. The molecule has 0 saturated carbocycles. The maximum atomic E-state index is 12.4. The van der Waals surface area contributed by atoms with Crippen LogP contribution >= 0.6 is 39.3 Å². The fourth-order valence-electron chi connectivity index (χ4n) is 2.57. The van der Waals surface area contributed by atoms with Crippen LogP contribution in [0.5, 0.6) is 11.5 Å². The van der Waals surface area contributed by atoms with Crippen LogP contribution in [-0.2, 0) is 11.4 Å². The minimum Gasteiger partial charge on any atom is -0.493 e. The van der Waals surface area contributed by atoms with Crippen molar-refractivity contribution in [3.63, 3.8) is 0 Å². The second-order valence-corrected chi connectivity index (χ2v) is 8.13. The highest BCUT2D eigenvalue weighted by Crippen LogP contribution is 2.38. The van der Waals surface area contributed by atoms with Gasteiger partial charge in [0.1, 0.15) is 6.61 Å². The van der Waals surface area contributed by atoms with Gasteiger partial charge in [0.25, 0.3) is 11.1 Å². The first-order valence-corrected chi connectivity index (χ1v) is 10.4. The summed E-state index contributed by atoms with van der Waals surface area (Å²) in [5, 5.41) is 0.229. The van der Waals surface area contributed by atoms with E-state index in [1.54, 1.807) is 24.3 Å². The molecular formula is C21H15BrClNO4S. The van der Waals surface area contributed by atoms with Crippen LogP contribution in [0.3, 0.4) is 0 Å². The number of terminal acetylenes is 1. The molecule has 0 unspecified atom stereocenters. The Labute approximate surface area is 186 Å². The summed E-state index contributed by atoms with van der Waals surface area (Å²) in [6, 6.07) is 10.9. The zero-order valence-electron chi connectivity index (χ0n) is 15.3. The molecule has 2 aromatic rings. The molecule has 148 valence electrons. The fraction of sp³-hybridized carbons (Fsp3) is 0.143. The molecule has 0 aliphatic carbocycles. The Bertz CT molecular complexity index is 1050. The first-order chi connectivity index (χ1) is 13.9. The number of rotatable bonds is 6. The SMILES string of the molecule is C#CCN1C(=O)S/C(=C/c2cc(OC)c(OCc3ccccc3Cl)cc2Br)C1=O. The molecular weight excluding hydrogens is 478 g/mol. The van der Waals surface area contributed by atoms with Gasteiger partial charge in [0, 0.05) is 15.1 Å². The third-order valence-corrected chi connectivity index (χ3v) is 6.00. The quantitative estimate of drug-likeness (QED) is 0.401. The number of thioether (sulfide) groups is 1. The number of imide groups is 1. The topological polar surface area (TPSA) is 55.8 Å². The average Bonchev–Trinajstić information content (AvgIpc) is 2.96. The summed E-state index contributed by atoms with van der Waals surface area (Å²) in [6.45, 7) is 0.216. The molecule has 1 fully saturated rings. The van der Waals surface area contributed by atoms with Crippen molar-refractivity contribution >= 4 is 56.5 Å². The Hall–Kier alpha value is -2.40. The number of methoxy groups -OCH3 is 1. The number of carbonyl (C=O) groups excluding carboxylic acids is 2. The van der Waals surface area contributed by atoms with Gasteiger partial charge in [-0.3, -0.25) is 14.5 Å². The van der Waals surface area contributed by atoms with E-state index in [1.807, 2.05) is 18.2 Å². The minimum absolute atomic E-state index is 0.0542. The van der Waals surface area contributed by atoms with Gasteiger partial charge < -0.3 is 9.47 Å². The van der Waals surface area contributed by atoms with Crippen LogP contribution in [0.15, 0.2) is 45.8 Å². The van der Waals surface area contributed by atoms with E-state index in [0.29, 0.717) is 26.6 Å². The molecule has 2 aromatic carbocycles. The van der Waals surface area contributed by atoms with Crippen molar-refractivity contribution in [2.24, 2.45) is 0 Å². The molecule has 0 bridgehead atoms. The van der Waals surface area contributed by atoms with Crippen molar-refractivity contribution in [2.75, 3.05) is 13.7 Å². The van der Waals surface area contributed by atoms with Crippen molar-refractivity contribution in [1.29, 1.82) is 0 Å². The molecule has 1 saturated heterocycles. The number of amides is 2. The van der Waals surface area contributed by atoms with Crippen LogP contribution < -0.4 is 9.47 Å². The van der Waals surface area contributed by atoms with E-state index in [-0.39, 0.29) is 23.3 Å². The Balaban J connectivity index is 1.85. The molecule has 0 spiro atoms. The molecule has 0 aromatic heterocycles. The maximum Gasteiger partial charge on any atom is 0.294 e. The molecule has 1 heterocycles. The first-order valence-electron chi connectivity index (χ1n) is 8.37. The van der Waals surface area contributed by atoms with E-state index >= 15 is 0 Å². The number of ether oxygens (including phenoxy) is 2.